The van der Waals surface area contributed by atoms with Crippen LogP contribution in [0.3, 0.4) is 0 Å². The number of sulfonamides is 1. The number of carbonyl (C=O) groups excluding carboxylic acids is 1. The summed E-state index contributed by atoms with van der Waals surface area (Å²) in [7, 11) is -3.72. The van der Waals surface area contributed by atoms with E-state index in [0.29, 0.717) is 19.7 Å². The van der Waals surface area contributed by atoms with Gasteiger partial charge in [0.1, 0.15) is 11.5 Å². The number of nitrogens with one attached hydrogen (secondary N) is 1. The Labute approximate surface area is 190 Å². The van der Waals surface area contributed by atoms with Crippen molar-refractivity contribution in [3.63, 3.8) is 0 Å². The van der Waals surface area contributed by atoms with Gasteiger partial charge in [-0.2, -0.15) is 17.5 Å². The van der Waals surface area contributed by atoms with Crippen LogP contribution >= 0.6 is 0 Å². The molecular weight excluding hydrogens is 461 g/mol. The summed E-state index contributed by atoms with van der Waals surface area (Å²) in [5, 5.41) is 2.56. The topological polar surface area (TPSA) is 84.9 Å². The highest BCUT2D eigenvalue weighted by Gasteiger charge is 2.30. The van der Waals surface area contributed by atoms with Crippen molar-refractivity contribution >= 4 is 21.6 Å². The van der Waals surface area contributed by atoms with Crippen molar-refractivity contribution in [3.8, 4) is 11.5 Å². The lowest BCUT2D eigenvalue weighted by Crippen LogP contribution is -2.35. The highest BCUT2D eigenvalue weighted by molar-refractivity contribution is 7.89. The molecule has 2 aromatic carbocycles. The van der Waals surface area contributed by atoms with Gasteiger partial charge in [-0.25, -0.2) is 8.42 Å². The Balaban J connectivity index is 1.71. The summed E-state index contributed by atoms with van der Waals surface area (Å²) in [6, 6.07) is 8.20. The van der Waals surface area contributed by atoms with Crippen LogP contribution in [0.25, 0.3) is 0 Å². The van der Waals surface area contributed by atoms with E-state index in [1.54, 1.807) is 6.92 Å². The molecule has 180 valence electrons. The van der Waals surface area contributed by atoms with E-state index in [1.165, 1.54) is 22.5 Å². The van der Waals surface area contributed by atoms with Gasteiger partial charge in [0.2, 0.25) is 10.0 Å². The molecule has 0 unspecified atom stereocenters. The third kappa shape index (κ3) is 6.38. The number of alkyl halides is 3. The summed E-state index contributed by atoms with van der Waals surface area (Å²) >= 11 is 0. The smallest absolute Gasteiger partial charge is 0.416 e. The van der Waals surface area contributed by atoms with Gasteiger partial charge < -0.3 is 14.8 Å². The van der Waals surface area contributed by atoms with Crippen molar-refractivity contribution in [2.75, 3.05) is 31.6 Å². The van der Waals surface area contributed by atoms with Gasteiger partial charge in [-0.15, -0.1) is 0 Å². The summed E-state index contributed by atoms with van der Waals surface area (Å²) < 4.78 is 76.1. The maximum absolute atomic E-state index is 13.0. The molecule has 0 aliphatic carbocycles. The van der Waals surface area contributed by atoms with Crippen LogP contribution < -0.4 is 14.8 Å². The summed E-state index contributed by atoms with van der Waals surface area (Å²) in [5.74, 6) is -0.244. The number of carbonyl (C=O) groups is 1. The lowest BCUT2D eigenvalue weighted by atomic mass is 10.2. The third-order valence-electron chi connectivity index (χ3n) is 5.03. The van der Waals surface area contributed by atoms with E-state index in [4.69, 9.17) is 9.47 Å². The van der Waals surface area contributed by atoms with Crippen LogP contribution in [0.4, 0.5) is 18.9 Å². The third-order valence-corrected chi connectivity index (χ3v) is 6.92. The number of anilines is 1. The fraction of sp³-hybridized carbons (Fsp3) is 0.409. The number of hydrogen-bond donors (Lipinski definition) is 1. The second kappa shape index (κ2) is 10.4. The molecular formula is C22H25F3N2O5S. The molecule has 1 fully saturated rings. The van der Waals surface area contributed by atoms with Crippen molar-refractivity contribution in [2.24, 2.45) is 0 Å². The zero-order valence-corrected chi connectivity index (χ0v) is 18.8. The minimum atomic E-state index is -4.47. The van der Waals surface area contributed by atoms with Crippen LogP contribution in [0.1, 0.15) is 31.7 Å². The van der Waals surface area contributed by atoms with Gasteiger partial charge in [0, 0.05) is 13.1 Å². The number of amides is 1. The molecule has 3 rings (SSSR count). The molecule has 11 heteroatoms. The second-order valence-electron chi connectivity index (χ2n) is 7.41. The van der Waals surface area contributed by atoms with Gasteiger partial charge in [0.15, 0.2) is 6.61 Å². The number of halogens is 3. The highest BCUT2D eigenvalue weighted by Crippen LogP contribution is 2.31. The Hall–Kier alpha value is -2.79. The normalized spacial score (nSPS) is 15.2. The molecule has 1 heterocycles. The first-order chi connectivity index (χ1) is 15.6. The zero-order chi connectivity index (χ0) is 24.1. The predicted octanol–water partition coefficient (Wildman–Crippen LogP) is 4.30. The van der Waals surface area contributed by atoms with Crippen molar-refractivity contribution in [3.05, 3.63) is 48.0 Å². The molecule has 0 aromatic heterocycles. The standard InChI is InChI=1S/C22H25F3N2O5S/c1-2-31-20-11-10-18(33(29,30)27-12-4-3-5-13-27)14-19(20)26-21(28)15-32-17-8-6-16(7-9-17)22(23,24)25/h6-11,14H,2-5,12-13,15H2,1H3,(H,26,28). The number of hydrogen-bond acceptors (Lipinski definition) is 5. The van der Waals surface area contributed by atoms with E-state index in [0.717, 1.165) is 43.5 Å². The van der Waals surface area contributed by atoms with E-state index in [1.807, 2.05) is 0 Å². The van der Waals surface area contributed by atoms with Gasteiger partial charge in [0.05, 0.1) is 22.8 Å². The Kier molecular flexibility index (Phi) is 7.85. The molecule has 0 atom stereocenters. The van der Waals surface area contributed by atoms with E-state index in [-0.39, 0.29) is 22.1 Å². The van der Waals surface area contributed by atoms with Gasteiger partial charge in [-0.1, -0.05) is 6.42 Å². The highest BCUT2D eigenvalue weighted by atomic mass is 32.2. The molecule has 0 radical (unpaired) electrons. The molecule has 2 aromatic rings. The SMILES string of the molecule is CCOc1ccc(S(=O)(=O)N2CCCCC2)cc1NC(=O)COc1ccc(C(F)(F)F)cc1. The van der Waals surface area contributed by atoms with Crippen LogP contribution in [-0.4, -0.2) is 44.9 Å². The van der Waals surface area contributed by atoms with Crippen LogP contribution in [0.2, 0.25) is 0 Å². The van der Waals surface area contributed by atoms with E-state index in [2.05, 4.69) is 5.32 Å². The molecule has 1 saturated heterocycles. The molecule has 1 aliphatic rings. The number of piperidine rings is 1. The zero-order valence-electron chi connectivity index (χ0n) is 18.0. The molecule has 7 nitrogen and oxygen atoms in total. The quantitative estimate of drug-likeness (QED) is 0.602. The largest absolute Gasteiger partial charge is 0.492 e. The van der Waals surface area contributed by atoms with E-state index < -0.39 is 34.3 Å². The number of nitrogens with zero attached hydrogens (tertiary/aromatic N) is 1. The predicted molar refractivity (Wildman–Crippen MR) is 116 cm³/mol. The number of benzene rings is 2. The van der Waals surface area contributed by atoms with Crippen molar-refractivity contribution in [1.29, 1.82) is 0 Å². The van der Waals surface area contributed by atoms with Crippen LogP contribution in [0, 0.1) is 0 Å². The van der Waals surface area contributed by atoms with Gasteiger partial charge in [-0.05, 0) is 62.2 Å². The van der Waals surface area contributed by atoms with Crippen molar-refractivity contribution in [1.82, 2.24) is 4.31 Å². The van der Waals surface area contributed by atoms with Gasteiger partial charge in [-0.3, -0.25) is 4.79 Å². The molecule has 0 saturated carbocycles. The Morgan fingerprint density at radius 3 is 2.30 bits per heavy atom. The minimum Gasteiger partial charge on any atom is -0.492 e. The summed E-state index contributed by atoms with van der Waals surface area (Å²) in [6.07, 6.45) is -1.90. The maximum Gasteiger partial charge on any atom is 0.416 e. The van der Waals surface area contributed by atoms with Crippen LogP contribution in [-0.2, 0) is 21.0 Å². The lowest BCUT2D eigenvalue weighted by molar-refractivity contribution is -0.137. The first-order valence-electron chi connectivity index (χ1n) is 10.5. The van der Waals surface area contributed by atoms with Gasteiger partial charge >= 0.3 is 6.18 Å². The Morgan fingerprint density at radius 2 is 1.70 bits per heavy atom. The Bertz CT molecular complexity index is 1070. The fourth-order valence-electron chi connectivity index (χ4n) is 3.38. The second-order valence-corrected chi connectivity index (χ2v) is 9.35. The van der Waals surface area contributed by atoms with Crippen molar-refractivity contribution in [2.45, 2.75) is 37.3 Å². The molecule has 1 N–H and O–H groups in total. The molecule has 33 heavy (non-hydrogen) atoms. The fourth-order valence-corrected chi connectivity index (χ4v) is 4.92. The molecule has 0 spiro atoms. The molecule has 1 amide bonds. The van der Waals surface area contributed by atoms with Crippen molar-refractivity contribution < 1.29 is 35.9 Å². The minimum absolute atomic E-state index is 0.0341. The van der Waals surface area contributed by atoms with E-state index in [9.17, 15) is 26.4 Å². The first kappa shape index (κ1) is 24.8. The molecule has 0 bridgehead atoms. The number of ether oxygens (including phenoxy) is 2. The maximum atomic E-state index is 13.0. The first-order valence-corrected chi connectivity index (χ1v) is 11.9. The Morgan fingerprint density at radius 1 is 1.03 bits per heavy atom. The monoisotopic (exact) mass is 486 g/mol. The number of rotatable bonds is 8. The summed E-state index contributed by atoms with van der Waals surface area (Å²) in [5.41, 5.74) is -0.664. The lowest BCUT2D eigenvalue weighted by Gasteiger charge is -2.26. The van der Waals surface area contributed by atoms with Crippen LogP contribution in [0.5, 0.6) is 11.5 Å². The van der Waals surface area contributed by atoms with E-state index >= 15 is 0 Å². The molecule has 1 aliphatic heterocycles. The summed E-state index contributed by atoms with van der Waals surface area (Å²) in [6.45, 7) is 2.44. The average Bonchev–Trinajstić information content (AvgIpc) is 2.79. The van der Waals surface area contributed by atoms with Gasteiger partial charge in [0.25, 0.3) is 5.91 Å². The summed E-state index contributed by atoms with van der Waals surface area (Å²) in [4.78, 5) is 12.4. The van der Waals surface area contributed by atoms with Crippen LogP contribution in [0.15, 0.2) is 47.4 Å². The average molecular weight is 487 g/mol.